The fraction of sp³-hybridized carbons (Fsp3) is 0.0417. The maximum atomic E-state index is 12.9. The van der Waals surface area contributed by atoms with Crippen LogP contribution < -0.4 is 20.2 Å². The molecule has 3 aromatic carbocycles. The first-order chi connectivity index (χ1) is 16.4. The Balaban J connectivity index is 1.56. The highest BCUT2D eigenvalue weighted by atomic mass is 127. The molecular weight excluding hydrogens is 664 g/mol. The maximum absolute atomic E-state index is 12.9. The molecule has 0 radical (unpaired) electrons. The van der Waals surface area contributed by atoms with E-state index in [-0.39, 0.29) is 18.2 Å². The van der Waals surface area contributed by atoms with Gasteiger partial charge in [-0.3, -0.25) is 9.59 Å². The van der Waals surface area contributed by atoms with Crippen LogP contribution in [0.25, 0.3) is 6.08 Å². The fourth-order valence-corrected chi connectivity index (χ4v) is 4.81. The third kappa shape index (κ3) is 5.86. The van der Waals surface area contributed by atoms with E-state index >= 15 is 0 Å². The van der Waals surface area contributed by atoms with E-state index in [0.29, 0.717) is 35.3 Å². The molecule has 1 aliphatic rings. The number of amides is 2. The van der Waals surface area contributed by atoms with Crippen LogP contribution in [-0.4, -0.2) is 29.9 Å². The van der Waals surface area contributed by atoms with Crippen molar-refractivity contribution in [1.29, 1.82) is 0 Å². The van der Waals surface area contributed by atoms with Crippen LogP contribution in [-0.2, 0) is 4.79 Å². The molecule has 0 saturated carbocycles. The van der Waals surface area contributed by atoms with Crippen LogP contribution in [0.15, 0.2) is 71.5 Å². The van der Waals surface area contributed by atoms with Crippen molar-refractivity contribution in [3.05, 3.63) is 90.2 Å². The Labute approximate surface area is 222 Å². The third-order valence-electron chi connectivity index (χ3n) is 4.66. The highest BCUT2D eigenvalue weighted by Crippen LogP contribution is 2.33. The maximum Gasteiger partial charge on any atom is 0.287 e. The van der Waals surface area contributed by atoms with Crippen molar-refractivity contribution in [3.8, 4) is 17.2 Å². The van der Waals surface area contributed by atoms with Gasteiger partial charge in [0.25, 0.3) is 11.8 Å². The second kappa shape index (κ2) is 10.9. The Bertz CT molecular complexity index is 1290. The smallest absolute Gasteiger partial charge is 0.287 e. The van der Waals surface area contributed by atoms with Crippen molar-refractivity contribution in [1.82, 2.24) is 10.7 Å². The SMILES string of the molecule is O=C(N/N=C\c1cc(I)c(O)c(I)c1)/C(=C\c1ccc2c(c1)OCO2)NC(=O)c1ccccc1. The van der Waals surface area contributed by atoms with E-state index < -0.39 is 11.8 Å². The van der Waals surface area contributed by atoms with Gasteiger partial charge in [-0.15, -0.1) is 0 Å². The summed E-state index contributed by atoms with van der Waals surface area (Å²) in [7, 11) is 0. The lowest BCUT2D eigenvalue weighted by molar-refractivity contribution is -0.117. The molecule has 0 saturated heterocycles. The van der Waals surface area contributed by atoms with Gasteiger partial charge < -0.3 is 19.9 Å². The molecule has 0 fully saturated rings. The predicted molar refractivity (Wildman–Crippen MR) is 144 cm³/mol. The largest absolute Gasteiger partial charge is 0.506 e. The molecule has 1 aliphatic heterocycles. The summed E-state index contributed by atoms with van der Waals surface area (Å²) in [4.78, 5) is 25.6. The summed E-state index contributed by atoms with van der Waals surface area (Å²) >= 11 is 4.03. The summed E-state index contributed by atoms with van der Waals surface area (Å²) < 4.78 is 12.0. The standard InChI is InChI=1S/C24H17I2N3O5/c25-17-8-15(9-18(26)22(17)30)12-27-29-24(32)19(28-23(31)16-4-2-1-3-5-16)10-14-6-7-20-21(11-14)34-13-33-20/h1-12,30H,13H2,(H,28,31)(H,29,32)/b19-10+,27-12-. The van der Waals surface area contributed by atoms with Gasteiger partial charge >= 0.3 is 0 Å². The summed E-state index contributed by atoms with van der Waals surface area (Å²) in [5, 5.41) is 16.6. The molecule has 172 valence electrons. The number of hydrogen-bond donors (Lipinski definition) is 3. The third-order valence-corrected chi connectivity index (χ3v) is 6.30. The van der Waals surface area contributed by atoms with E-state index in [1.807, 2.05) is 45.2 Å². The van der Waals surface area contributed by atoms with Crippen LogP contribution in [0.1, 0.15) is 21.5 Å². The average Bonchev–Trinajstić information content (AvgIpc) is 3.30. The quantitative estimate of drug-likeness (QED) is 0.156. The van der Waals surface area contributed by atoms with Crippen molar-refractivity contribution in [2.24, 2.45) is 5.10 Å². The topological polar surface area (TPSA) is 109 Å². The second-order valence-corrected chi connectivity index (χ2v) is 9.35. The first-order valence-electron chi connectivity index (χ1n) is 9.90. The van der Waals surface area contributed by atoms with Crippen molar-refractivity contribution < 1.29 is 24.2 Å². The van der Waals surface area contributed by atoms with Gasteiger partial charge in [0.2, 0.25) is 6.79 Å². The Morgan fingerprint density at radius 3 is 2.38 bits per heavy atom. The Hall–Kier alpha value is -3.13. The number of benzene rings is 3. The summed E-state index contributed by atoms with van der Waals surface area (Å²) in [5.74, 6) is 0.312. The van der Waals surface area contributed by atoms with Gasteiger partial charge in [0.15, 0.2) is 11.5 Å². The van der Waals surface area contributed by atoms with Gasteiger partial charge in [-0.25, -0.2) is 5.43 Å². The van der Waals surface area contributed by atoms with E-state index in [0.717, 1.165) is 0 Å². The Morgan fingerprint density at radius 1 is 0.941 bits per heavy atom. The van der Waals surface area contributed by atoms with E-state index in [1.165, 1.54) is 12.3 Å². The Morgan fingerprint density at radius 2 is 1.65 bits per heavy atom. The van der Waals surface area contributed by atoms with E-state index in [1.54, 1.807) is 60.7 Å². The number of ether oxygens (including phenoxy) is 2. The molecule has 0 aliphatic carbocycles. The molecule has 0 aromatic heterocycles. The molecule has 3 aromatic rings. The first kappa shape index (κ1) is 24.0. The molecular formula is C24H17I2N3O5. The number of rotatable bonds is 6. The zero-order chi connectivity index (χ0) is 24.1. The van der Waals surface area contributed by atoms with Gasteiger partial charge in [-0.2, -0.15) is 5.10 Å². The van der Waals surface area contributed by atoms with Crippen LogP contribution in [0.4, 0.5) is 0 Å². The van der Waals surface area contributed by atoms with Crippen LogP contribution >= 0.6 is 45.2 Å². The lowest BCUT2D eigenvalue weighted by Crippen LogP contribution is -2.32. The second-order valence-electron chi connectivity index (χ2n) is 7.02. The van der Waals surface area contributed by atoms with Gasteiger partial charge in [-0.05, 0) is 98.8 Å². The number of aromatic hydroxyl groups is 1. The fourth-order valence-electron chi connectivity index (χ4n) is 3.00. The van der Waals surface area contributed by atoms with Crippen molar-refractivity contribution in [3.63, 3.8) is 0 Å². The lowest BCUT2D eigenvalue weighted by Gasteiger charge is -2.09. The minimum absolute atomic E-state index is 0.000245. The van der Waals surface area contributed by atoms with E-state index in [9.17, 15) is 14.7 Å². The number of carbonyl (C=O) groups is 2. The van der Waals surface area contributed by atoms with Crippen LogP contribution in [0, 0.1) is 7.14 Å². The van der Waals surface area contributed by atoms with Gasteiger partial charge in [-0.1, -0.05) is 24.3 Å². The molecule has 0 atom stereocenters. The van der Waals surface area contributed by atoms with Crippen molar-refractivity contribution in [2.45, 2.75) is 0 Å². The summed E-state index contributed by atoms with van der Waals surface area (Å²) in [6.45, 7) is 0.129. The molecule has 3 N–H and O–H groups in total. The van der Waals surface area contributed by atoms with Crippen LogP contribution in [0.3, 0.4) is 0 Å². The van der Waals surface area contributed by atoms with Gasteiger partial charge in [0.05, 0.1) is 13.4 Å². The molecule has 34 heavy (non-hydrogen) atoms. The van der Waals surface area contributed by atoms with Crippen LogP contribution in [0.2, 0.25) is 0 Å². The zero-order valence-electron chi connectivity index (χ0n) is 17.4. The summed E-state index contributed by atoms with van der Waals surface area (Å²) in [6.07, 6.45) is 2.99. The molecule has 8 nitrogen and oxygen atoms in total. The Kier molecular flexibility index (Phi) is 7.67. The molecule has 0 bridgehead atoms. The number of halogens is 2. The number of carbonyl (C=O) groups excluding carboxylic acids is 2. The van der Waals surface area contributed by atoms with Crippen LogP contribution in [0.5, 0.6) is 17.2 Å². The minimum Gasteiger partial charge on any atom is -0.506 e. The van der Waals surface area contributed by atoms with E-state index in [2.05, 4.69) is 15.8 Å². The number of fused-ring (bicyclic) bond motifs is 1. The number of nitrogens with one attached hydrogen (secondary N) is 2. The molecule has 10 heteroatoms. The molecule has 4 rings (SSSR count). The monoisotopic (exact) mass is 681 g/mol. The normalized spacial score (nSPS) is 12.6. The number of phenolic OH excluding ortho intramolecular Hbond substituents is 1. The highest BCUT2D eigenvalue weighted by molar-refractivity contribution is 14.1. The molecule has 1 heterocycles. The van der Waals surface area contributed by atoms with Gasteiger partial charge in [0, 0.05) is 5.56 Å². The number of hydrogen-bond acceptors (Lipinski definition) is 6. The first-order valence-corrected chi connectivity index (χ1v) is 12.1. The van der Waals surface area contributed by atoms with Gasteiger partial charge in [0.1, 0.15) is 11.4 Å². The lowest BCUT2D eigenvalue weighted by atomic mass is 10.1. The number of phenols is 1. The molecule has 0 unspecified atom stereocenters. The molecule has 2 amide bonds. The highest BCUT2D eigenvalue weighted by Gasteiger charge is 2.17. The van der Waals surface area contributed by atoms with Crippen molar-refractivity contribution >= 4 is 69.3 Å². The summed E-state index contributed by atoms with van der Waals surface area (Å²) in [6, 6.07) is 17.2. The molecule has 0 spiro atoms. The zero-order valence-corrected chi connectivity index (χ0v) is 21.7. The average molecular weight is 681 g/mol. The number of nitrogens with zero attached hydrogens (tertiary/aromatic N) is 1. The minimum atomic E-state index is -0.610. The summed E-state index contributed by atoms with van der Waals surface area (Å²) in [5.41, 5.74) is 4.17. The van der Waals surface area contributed by atoms with E-state index in [4.69, 9.17) is 9.47 Å². The van der Waals surface area contributed by atoms with Crippen molar-refractivity contribution in [2.75, 3.05) is 6.79 Å². The predicted octanol–water partition coefficient (Wildman–Crippen LogP) is 4.25. The number of hydrazone groups is 1.